The Bertz CT molecular complexity index is 1170. The van der Waals surface area contributed by atoms with Gasteiger partial charge in [-0.2, -0.15) is 0 Å². The summed E-state index contributed by atoms with van der Waals surface area (Å²) in [6.45, 7) is 9.42. The first-order chi connectivity index (χ1) is 18.8. The third-order valence-electron chi connectivity index (χ3n) is 8.28. The predicted octanol–water partition coefficient (Wildman–Crippen LogP) is 6.79. The van der Waals surface area contributed by atoms with Gasteiger partial charge in [-0.3, -0.25) is 9.69 Å². The van der Waals surface area contributed by atoms with Crippen LogP contribution in [0.1, 0.15) is 81.6 Å². The number of carbonyl (C=O) groups excluding carboxylic acids is 1. The predicted molar refractivity (Wildman–Crippen MR) is 155 cm³/mol. The Kier molecular flexibility index (Phi) is 8.51. The summed E-state index contributed by atoms with van der Waals surface area (Å²) in [5.74, 6) is 1.63. The summed E-state index contributed by atoms with van der Waals surface area (Å²) in [5, 5.41) is 0. The minimum Gasteiger partial charge on any atom is -0.493 e. The molecule has 0 N–H and O–H groups in total. The molecule has 0 radical (unpaired) electrons. The fraction of sp³-hybridized carbons (Fsp3) is 0.545. The van der Waals surface area contributed by atoms with Gasteiger partial charge in [-0.15, -0.1) is 0 Å². The summed E-state index contributed by atoms with van der Waals surface area (Å²) in [7, 11) is 1.60. The molecule has 2 aromatic rings. The number of ether oxygens (including phenoxy) is 3. The third kappa shape index (κ3) is 6.78. The van der Waals surface area contributed by atoms with E-state index in [1.54, 1.807) is 13.2 Å². The van der Waals surface area contributed by atoms with Crippen LogP contribution < -0.4 is 14.2 Å². The lowest BCUT2D eigenvalue weighted by Gasteiger charge is -2.34. The van der Waals surface area contributed by atoms with Crippen molar-refractivity contribution >= 4 is 12.0 Å². The van der Waals surface area contributed by atoms with Crippen LogP contribution in [0.3, 0.4) is 0 Å². The topological polar surface area (TPSA) is 51.2 Å². The number of benzene rings is 2. The fourth-order valence-electron chi connectivity index (χ4n) is 6.44. The molecule has 1 saturated heterocycles. The fourth-order valence-corrected chi connectivity index (χ4v) is 6.44. The third-order valence-corrected chi connectivity index (χ3v) is 8.28. The number of rotatable bonds is 9. The summed E-state index contributed by atoms with van der Waals surface area (Å²) in [4.78, 5) is 18.9. The van der Waals surface area contributed by atoms with Crippen molar-refractivity contribution in [3.63, 3.8) is 0 Å². The Morgan fingerprint density at radius 2 is 1.85 bits per heavy atom. The Morgan fingerprint density at radius 3 is 2.59 bits per heavy atom. The monoisotopic (exact) mass is 532 g/mol. The van der Waals surface area contributed by atoms with Crippen LogP contribution in [0.25, 0.3) is 6.08 Å². The number of hydrogen-bond donors (Lipinski definition) is 0. The molecule has 2 fully saturated rings. The molecule has 0 spiro atoms. The van der Waals surface area contributed by atoms with Crippen LogP contribution in [0.15, 0.2) is 48.0 Å². The number of hydrogen-bond acceptors (Lipinski definition) is 5. The van der Waals surface area contributed by atoms with Crippen molar-refractivity contribution in [2.75, 3.05) is 33.3 Å². The lowest BCUT2D eigenvalue weighted by atomic mass is 9.89. The summed E-state index contributed by atoms with van der Waals surface area (Å²) >= 11 is 0. The number of fused-ring (bicyclic) bond motifs is 1. The van der Waals surface area contributed by atoms with E-state index in [1.165, 1.54) is 45.1 Å². The highest BCUT2D eigenvalue weighted by molar-refractivity contribution is 5.96. The summed E-state index contributed by atoms with van der Waals surface area (Å²) in [6, 6.07) is 14.3. The standard InChI is InChI=1S/C33H44N2O4/c1-24(18-25-12-7-5-8-13-25)21-35(23-28-16-11-17-34(28)22-26-14-9-6-10-15-26)32(36)27-19-29(37-4)31-30(20-27)38-33(2,3)39-31/h5,7-8,12-13,18-20,26,28H,6,9-11,14-17,21-23H2,1-4H3/b24-18+. The van der Waals surface area contributed by atoms with E-state index in [0.717, 1.165) is 30.0 Å². The average molecular weight is 533 g/mol. The second-order valence-electron chi connectivity index (χ2n) is 12.0. The summed E-state index contributed by atoms with van der Waals surface area (Å²) < 4.78 is 17.6. The minimum absolute atomic E-state index is 0.00488. The highest BCUT2D eigenvalue weighted by Gasteiger charge is 2.36. The first-order valence-electron chi connectivity index (χ1n) is 14.7. The molecule has 6 heteroatoms. The van der Waals surface area contributed by atoms with E-state index in [9.17, 15) is 4.79 Å². The molecule has 1 aliphatic carbocycles. The molecule has 2 heterocycles. The van der Waals surface area contributed by atoms with Crippen molar-refractivity contribution in [1.29, 1.82) is 0 Å². The molecule has 5 rings (SSSR count). The molecule has 39 heavy (non-hydrogen) atoms. The SMILES string of the molecule is COc1cc(C(=O)N(C/C(C)=C/c2ccccc2)CC2CCCN2CC2CCCCC2)cc2c1OC(C)(C)O2. The van der Waals surface area contributed by atoms with Gasteiger partial charge in [0.25, 0.3) is 5.91 Å². The van der Waals surface area contributed by atoms with Crippen LogP contribution in [0.2, 0.25) is 0 Å². The molecule has 2 aromatic carbocycles. The molecule has 6 nitrogen and oxygen atoms in total. The van der Waals surface area contributed by atoms with Crippen LogP contribution in [-0.2, 0) is 0 Å². The van der Waals surface area contributed by atoms with E-state index in [4.69, 9.17) is 14.2 Å². The first kappa shape index (κ1) is 27.6. The van der Waals surface area contributed by atoms with Gasteiger partial charge in [-0.25, -0.2) is 0 Å². The van der Waals surface area contributed by atoms with Crippen molar-refractivity contribution in [1.82, 2.24) is 9.80 Å². The van der Waals surface area contributed by atoms with E-state index in [0.29, 0.717) is 41.9 Å². The van der Waals surface area contributed by atoms with Crippen molar-refractivity contribution < 1.29 is 19.0 Å². The largest absolute Gasteiger partial charge is 0.493 e. The zero-order valence-corrected chi connectivity index (χ0v) is 24.1. The van der Waals surface area contributed by atoms with Crippen molar-refractivity contribution in [3.8, 4) is 17.2 Å². The van der Waals surface area contributed by atoms with Crippen LogP contribution in [0.4, 0.5) is 0 Å². The van der Waals surface area contributed by atoms with Crippen molar-refractivity contribution in [2.45, 2.75) is 77.5 Å². The lowest BCUT2D eigenvalue weighted by molar-refractivity contribution is -0.0439. The Labute approximate surface area is 233 Å². The van der Waals surface area contributed by atoms with E-state index >= 15 is 0 Å². The number of carbonyl (C=O) groups is 1. The zero-order chi connectivity index (χ0) is 27.4. The smallest absolute Gasteiger partial charge is 0.254 e. The van der Waals surface area contributed by atoms with Gasteiger partial charge in [-0.05, 0) is 62.8 Å². The van der Waals surface area contributed by atoms with Gasteiger partial charge in [0, 0.05) is 45.1 Å². The molecule has 0 aromatic heterocycles. The number of methoxy groups -OCH3 is 1. The van der Waals surface area contributed by atoms with Gasteiger partial charge in [-0.1, -0.05) is 61.2 Å². The molecule has 1 saturated carbocycles. The van der Waals surface area contributed by atoms with E-state index in [-0.39, 0.29) is 5.91 Å². The second-order valence-corrected chi connectivity index (χ2v) is 12.0. The zero-order valence-electron chi connectivity index (χ0n) is 24.1. The van der Waals surface area contributed by atoms with Crippen LogP contribution in [-0.4, -0.2) is 60.8 Å². The Hall–Kier alpha value is -2.99. The van der Waals surface area contributed by atoms with Gasteiger partial charge in [0.05, 0.1) is 7.11 Å². The molecule has 0 bridgehead atoms. The van der Waals surface area contributed by atoms with Crippen LogP contribution in [0.5, 0.6) is 17.2 Å². The van der Waals surface area contributed by atoms with E-state index in [1.807, 2.05) is 43.0 Å². The Balaban J connectivity index is 1.39. The maximum Gasteiger partial charge on any atom is 0.254 e. The highest BCUT2D eigenvalue weighted by atomic mass is 16.7. The molecule has 1 unspecified atom stereocenters. The number of nitrogens with zero attached hydrogens (tertiary/aromatic N) is 2. The second kappa shape index (κ2) is 12.0. The summed E-state index contributed by atoms with van der Waals surface area (Å²) in [5.41, 5.74) is 2.87. The maximum absolute atomic E-state index is 14.2. The Morgan fingerprint density at radius 1 is 1.08 bits per heavy atom. The van der Waals surface area contributed by atoms with Crippen molar-refractivity contribution in [3.05, 3.63) is 59.2 Å². The number of likely N-dealkylation sites (tertiary alicyclic amines) is 1. The highest BCUT2D eigenvalue weighted by Crippen LogP contribution is 2.47. The normalized spacial score (nSPS) is 21.2. The van der Waals surface area contributed by atoms with Gasteiger partial charge in [0.2, 0.25) is 11.5 Å². The molecule has 210 valence electrons. The van der Waals surface area contributed by atoms with Gasteiger partial charge in [0.15, 0.2) is 11.5 Å². The lowest BCUT2D eigenvalue weighted by Crippen LogP contribution is -2.45. The molecule has 1 atom stereocenters. The quantitative estimate of drug-likeness (QED) is 0.356. The number of amides is 1. The van der Waals surface area contributed by atoms with E-state index < -0.39 is 5.79 Å². The summed E-state index contributed by atoms with van der Waals surface area (Å²) in [6.07, 6.45) is 11.3. The van der Waals surface area contributed by atoms with E-state index in [2.05, 4.69) is 30.0 Å². The molecule has 3 aliphatic rings. The van der Waals surface area contributed by atoms with Gasteiger partial charge in [0.1, 0.15) is 0 Å². The average Bonchev–Trinajstić information content (AvgIpc) is 3.49. The molecular formula is C33H44N2O4. The van der Waals surface area contributed by atoms with Gasteiger partial charge >= 0.3 is 0 Å². The van der Waals surface area contributed by atoms with Crippen LogP contribution >= 0.6 is 0 Å². The van der Waals surface area contributed by atoms with Crippen molar-refractivity contribution in [2.24, 2.45) is 5.92 Å². The molecule has 1 amide bonds. The maximum atomic E-state index is 14.2. The van der Waals surface area contributed by atoms with Gasteiger partial charge < -0.3 is 19.1 Å². The minimum atomic E-state index is -0.796. The molecule has 2 aliphatic heterocycles. The molecular weight excluding hydrogens is 488 g/mol. The first-order valence-corrected chi connectivity index (χ1v) is 14.7. The van der Waals surface area contributed by atoms with Crippen LogP contribution in [0, 0.1) is 5.92 Å².